The van der Waals surface area contributed by atoms with Crippen LogP contribution in [0.5, 0.6) is 0 Å². The Bertz CT molecular complexity index is 1060. The van der Waals surface area contributed by atoms with Gasteiger partial charge in [-0.15, -0.1) is 22.7 Å². The predicted octanol–water partition coefficient (Wildman–Crippen LogP) is 5.24. The highest BCUT2D eigenvalue weighted by molar-refractivity contribution is 7.93. The second-order valence-corrected chi connectivity index (χ2v) is 11.7. The summed E-state index contributed by atoms with van der Waals surface area (Å²) < 4.78 is 30.7. The second kappa shape index (κ2) is 10.6. The van der Waals surface area contributed by atoms with Gasteiger partial charge < -0.3 is 9.53 Å². The van der Waals surface area contributed by atoms with E-state index in [4.69, 9.17) is 4.74 Å². The zero-order valence-corrected chi connectivity index (χ0v) is 20.4. The smallest absolute Gasteiger partial charge is 0.191 e. The van der Waals surface area contributed by atoms with Crippen molar-refractivity contribution < 1.29 is 17.9 Å². The molecule has 0 amide bonds. The molecule has 2 aromatic heterocycles. The molecule has 1 unspecified atom stereocenters. The number of ether oxygens (including phenoxy) is 1. The van der Waals surface area contributed by atoms with E-state index < -0.39 is 14.6 Å². The maximum absolute atomic E-state index is 13.2. The van der Waals surface area contributed by atoms with Crippen LogP contribution in [0.1, 0.15) is 40.5 Å². The van der Waals surface area contributed by atoms with Gasteiger partial charge in [-0.25, -0.2) is 13.4 Å². The molecule has 0 saturated carbocycles. The Hall–Kier alpha value is -1.68. The van der Waals surface area contributed by atoms with Gasteiger partial charge in [0.2, 0.25) is 0 Å². The molecule has 0 N–H and O–H groups in total. The highest BCUT2D eigenvalue weighted by Gasteiger charge is 2.43. The Morgan fingerprint density at radius 1 is 1.27 bits per heavy atom. The lowest BCUT2D eigenvalue weighted by atomic mass is 10.0. The molecule has 30 heavy (non-hydrogen) atoms. The van der Waals surface area contributed by atoms with Gasteiger partial charge in [-0.3, -0.25) is 4.98 Å². The van der Waals surface area contributed by atoms with Crippen LogP contribution in [0.15, 0.2) is 34.8 Å². The van der Waals surface area contributed by atoms with Gasteiger partial charge in [-0.05, 0) is 37.0 Å². The van der Waals surface area contributed by atoms with Crippen molar-refractivity contribution in [2.24, 2.45) is 5.92 Å². The first kappa shape index (κ1) is 24.6. The number of hydrogen-bond donors (Lipinski definition) is 0. The van der Waals surface area contributed by atoms with E-state index in [0.717, 1.165) is 26.0 Å². The number of fused-ring (bicyclic) bond motifs is 1. The van der Waals surface area contributed by atoms with Gasteiger partial charge in [0.25, 0.3) is 0 Å². The lowest BCUT2D eigenvalue weighted by Crippen LogP contribution is -2.41. The Morgan fingerprint density at radius 3 is 2.50 bits per heavy atom. The van der Waals surface area contributed by atoms with Crippen molar-refractivity contribution in [1.82, 2.24) is 9.97 Å². The molecule has 0 aliphatic heterocycles. The maximum atomic E-state index is 13.2. The van der Waals surface area contributed by atoms with Crippen LogP contribution in [0, 0.1) is 5.92 Å². The summed E-state index contributed by atoms with van der Waals surface area (Å²) in [6.07, 6.45) is 2.59. The van der Waals surface area contributed by atoms with E-state index in [-0.39, 0.29) is 24.3 Å². The lowest BCUT2D eigenvalue weighted by molar-refractivity contribution is -0.110. The summed E-state index contributed by atoms with van der Waals surface area (Å²) in [5.41, 5.74) is 2.45. The third kappa shape index (κ3) is 5.32. The normalized spacial score (nSPS) is 13.7. The van der Waals surface area contributed by atoms with E-state index in [1.165, 1.54) is 35.8 Å². The molecule has 2 heterocycles. The minimum absolute atomic E-state index is 0.124. The van der Waals surface area contributed by atoms with Gasteiger partial charge in [0.05, 0.1) is 25.5 Å². The fourth-order valence-electron chi connectivity index (χ4n) is 2.72. The maximum Gasteiger partial charge on any atom is 0.191 e. The van der Waals surface area contributed by atoms with Crippen LogP contribution in [0.2, 0.25) is 0 Å². The summed E-state index contributed by atoms with van der Waals surface area (Å²) in [6.45, 7) is 8.40. The van der Waals surface area contributed by atoms with Crippen molar-refractivity contribution in [2.75, 3.05) is 13.7 Å². The van der Waals surface area contributed by atoms with Crippen LogP contribution >= 0.6 is 22.7 Å². The number of hydrogen-bond acceptors (Lipinski definition) is 8. The zero-order valence-electron chi connectivity index (χ0n) is 17.9. The van der Waals surface area contributed by atoms with Crippen molar-refractivity contribution in [3.05, 3.63) is 29.9 Å². The summed E-state index contributed by atoms with van der Waals surface area (Å²) >= 11 is 2.89. The number of aromatic nitrogens is 2. The van der Waals surface area contributed by atoms with Crippen molar-refractivity contribution in [3.8, 4) is 9.88 Å². The molecule has 0 saturated heterocycles. The van der Waals surface area contributed by atoms with Crippen LogP contribution in [-0.4, -0.2) is 43.1 Å². The quantitative estimate of drug-likeness (QED) is 0.420. The Morgan fingerprint density at radius 2 is 1.97 bits per heavy atom. The Kier molecular flexibility index (Phi) is 8.66. The molecular weight excluding hydrogens is 440 g/mol. The molecule has 3 aromatic rings. The highest BCUT2D eigenvalue weighted by Crippen LogP contribution is 2.36. The first-order chi connectivity index (χ1) is 14.2. The van der Waals surface area contributed by atoms with E-state index in [2.05, 4.69) is 30.7 Å². The molecule has 0 fully saturated rings. The SMILES string of the molecule is CC(C)C.CCC(C=O)(CCOC)S(=O)(=O)c1ccc2nc(-c3cncs3)sc2c1. The largest absolute Gasteiger partial charge is 0.385 e. The van der Waals surface area contributed by atoms with Crippen LogP contribution < -0.4 is 0 Å². The van der Waals surface area contributed by atoms with Gasteiger partial charge in [-0.2, -0.15) is 0 Å². The fourth-order valence-corrected chi connectivity index (χ4v) is 6.32. The first-order valence-corrected chi connectivity index (χ1v) is 12.9. The third-order valence-electron chi connectivity index (χ3n) is 4.39. The number of carbonyl (C=O) groups excluding carboxylic acids is 1. The van der Waals surface area contributed by atoms with Gasteiger partial charge in [0.1, 0.15) is 16.0 Å². The molecule has 3 rings (SSSR count). The van der Waals surface area contributed by atoms with Gasteiger partial charge in [-0.1, -0.05) is 27.7 Å². The lowest BCUT2D eigenvalue weighted by Gasteiger charge is -2.26. The number of benzene rings is 1. The topological polar surface area (TPSA) is 86.2 Å². The fraction of sp³-hybridized carbons (Fsp3) is 0.476. The van der Waals surface area contributed by atoms with E-state index in [0.29, 0.717) is 6.29 Å². The van der Waals surface area contributed by atoms with Crippen LogP contribution in [0.25, 0.3) is 20.1 Å². The van der Waals surface area contributed by atoms with Gasteiger partial charge >= 0.3 is 0 Å². The van der Waals surface area contributed by atoms with E-state index in [1.54, 1.807) is 30.8 Å². The Labute approximate surface area is 186 Å². The van der Waals surface area contributed by atoms with Crippen LogP contribution in [0.3, 0.4) is 0 Å². The van der Waals surface area contributed by atoms with E-state index >= 15 is 0 Å². The van der Waals surface area contributed by atoms with E-state index in [1.807, 2.05) is 0 Å². The molecule has 9 heteroatoms. The number of rotatable bonds is 8. The van der Waals surface area contributed by atoms with Crippen molar-refractivity contribution in [2.45, 2.75) is 50.2 Å². The molecule has 164 valence electrons. The summed E-state index contributed by atoms with van der Waals surface area (Å²) in [5, 5.41) is 0.800. The highest BCUT2D eigenvalue weighted by atomic mass is 32.2. The number of methoxy groups -OCH3 is 1. The molecule has 0 bridgehead atoms. The Balaban J connectivity index is 0.000000735. The second-order valence-electron chi connectivity index (χ2n) is 7.53. The molecule has 0 aliphatic carbocycles. The minimum Gasteiger partial charge on any atom is -0.385 e. The molecule has 6 nitrogen and oxygen atoms in total. The van der Waals surface area contributed by atoms with Crippen molar-refractivity contribution in [3.63, 3.8) is 0 Å². The van der Waals surface area contributed by atoms with E-state index in [9.17, 15) is 13.2 Å². The minimum atomic E-state index is -3.85. The zero-order chi connectivity index (χ0) is 22.4. The number of nitrogens with zero attached hydrogens (tertiary/aromatic N) is 2. The first-order valence-electron chi connectivity index (χ1n) is 9.70. The van der Waals surface area contributed by atoms with Crippen LogP contribution in [0.4, 0.5) is 0 Å². The average molecular weight is 469 g/mol. The number of thiazole rings is 2. The predicted molar refractivity (Wildman–Crippen MR) is 124 cm³/mol. The number of carbonyl (C=O) groups is 1. The third-order valence-corrected chi connectivity index (χ3v) is 8.89. The molecule has 0 spiro atoms. The monoisotopic (exact) mass is 468 g/mol. The average Bonchev–Trinajstić information content (AvgIpc) is 3.37. The molecule has 0 radical (unpaired) electrons. The number of sulfone groups is 1. The summed E-state index contributed by atoms with van der Waals surface area (Å²) in [4.78, 5) is 21.4. The summed E-state index contributed by atoms with van der Waals surface area (Å²) in [7, 11) is -2.36. The number of aldehydes is 1. The molecule has 0 aliphatic rings. The summed E-state index contributed by atoms with van der Waals surface area (Å²) in [5.74, 6) is 0.833. The summed E-state index contributed by atoms with van der Waals surface area (Å²) in [6, 6.07) is 4.81. The van der Waals surface area contributed by atoms with Crippen LogP contribution in [-0.2, 0) is 19.4 Å². The molecule has 1 aromatic carbocycles. The van der Waals surface area contributed by atoms with Gasteiger partial charge in [0.15, 0.2) is 9.84 Å². The molecular formula is C21H28N2O4S3. The molecule has 1 atom stereocenters. The van der Waals surface area contributed by atoms with Crippen molar-refractivity contribution in [1.29, 1.82) is 0 Å². The van der Waals surface area contributed by atoms with Gasteiger partial charge in [0, 0.05) is 19.9 Å². The van der Waals surface area contributed by atoms with Crippen molar-refractivity contribution >= 4 is 49.0 Å². The standard InChI is InChI=1S/C17H18N2O4S3.C4H10/c1-3-17(10-20,6-7-23-2)26(21,22)12-4-5-13-14(8-12)25-16(19-13)15-9-18-11-24-15;1-4(2)3/h4-5,8-11H,3,6-7H2,1-2H3;4H,1-3H3.